The zero-order valence-corrected chi connectivity index (χ0v) is 10.6. The molecule has 2 aromatic carbocycles. The first-order chi connectivity index (χ1) is 8.74. The van der Waals surface area contributed by atoms with Gasteiger partial charge in [0.25, 0.3) is 0 Å². The maximum Gasteiger partial charge on any atom is 0.163 e. The number of fused-ring (bicyclic) bond motifs is 1. The van der Waals surface area contributed by atoms with Crippen molar-refractivity contribution in [1.29, 1.82) is 0 Å². The monoisotopic (exact) mass is 240 g/mol. The van der Waals surface area contributed by atoms with Gasteiger partial charge in [-0.25, -0.2) is 0 Å². The summed E-state index contributed by atoms with van der Waals surface area (Å²) in [4.78, 5) is 11.6. The number of allylic oxidation sites excluding steroid dienone is 1. The van der Waals surface area contributed by atoms with Crippen molar-refractivity contribution in [3.8, 4) is 5.75 Å². The van der Waals surface area contributed by atoms with Crippen molar-refractivity contribution in [2.45, 2.75) is 13.8 Å². The van der Waals surface area contributed by atoms with E-state index in [-0.39, 0.29) is 5.78 Å². The fourth-order valence-corrected chi connectivity index (χ4v) is 1.90. The van der Waals surface area contributed by atoms with Crippen LogP contribution in [0.1, 0.15) is 24.2 Å². The zero-order chi connectivity index (χ0) is 13.0. The second-order valence-electron chi connectivity index (χ2n) is 4.10. The Hall–Kier alpha value is -2.09. The summed E-state index contributed by atoms with van der Waals surface area (Å²) < 4.78 is 5.74. The van der Waals surface area contributed by atoms with Crippen molar-refractivity contribution in [3.05, 3.63) is 54.1 Å². The minimum Gasteiger partial charge on any atom is -0.488 e. The third-order valence-corrected chi connectivity index (χ3v) is 2.82. The van der Waals surface area contributed by atoms with Crippen molar-refractivity contribution >= 4 is 16.6 Å². The molecule has 0 bridgehead atoms. The van der Waals surface area contributed by atoms with Crippen molar-refractivity contribution in [2.24, 2.45) is 0 Å². The van der Waals surface area contributed by atoms with Crippen LogP contribution in [-0.2, 0) is 0 Å². The smallest absolute Gasteiger partial charge is 0.163 e. The molecule has 0 saturated heterocycles. The van der Waals surface area contributed by atoms with Gasteiger partial charge in [0.15, 0.2) is 5.78 Å². The molecule has 2 nitrogen and oxygen atoms in total. The van der Waals surface area contributed by atoms with Crippen LogP contribution in [0.25, 0.3) is 10.8 Å². The maximum atomic E-state index is 11.6. The fraction of sp³-hybridized carbons (Fsp3) is 0.188. The molecule has 0 atom stereocenters. The highest BCUT2D eigenvalue weighted by atomic mass is 16.5. The number of carbonyl (C=O) groups is 1. The maximum absolute atomic E-state index is 11.6. The molecule has 2 rings (SSSR count). The topological polar surface area (TPSA) is 26.3 Å². The third kappa shape index (κ3) is 2.43. The highest BCUT2D eigenvalue weighted by Gasteiger charge is 2.11. The Labute approximate surface area is 107 Å². The third-order valence-electron chi connectivity index (χ3n) is 2.82. The first-order valence-electron chi connectivity index (χ1n) is 6.00. The average molecular weight is 240 g/mol. The zero-order valence-electron chi connectivity index (χ0n) is 10.6. The molecule has 2 heteroatoms. The molecule has 92 valence electrons. The lowest BCUT2D eigenvalue weighted by Crippen LogP contribution is -2.02. The standard InChI is InChI=1S/C16H16O2/c1-3-4-11-18-16-14(12(2)17)10-9-13-7-5-6-8-15(13)16/h3-10H,11H2,1-2H3/b4-3+. The number of ether oxygens (including phenoxy) is 1. The molecule has 0 saturated carbocycles. The van der Waals surface area contributed by atoms with Crippen LogP contribution in [0.15, 0.2) is 48.6 Å². The number of benzene rings is 2. The minimum absolute atomic E-state index is 0.0243. The molecule has 0 unspecified atom stereocenters. The Morgan fingerprint density at radius 2 is 2.00 bits per heavy atom. The molecule has 0 aliphatic heterocycles. The first kappa shape index (κ1) is 12.4. The lowest BCUT2D eigenvalue weighted by molar-refractivity contribution is 0.101. The molecule has 0 spiro atoms. The van der Waals surface area contributed by atoms with Gasteiger partial charge >= 0.3 is 0 Å². The van der Waals surface area contributed by atoms with Crippen LogP contribution in [0.5, 0.6) is 5.75 Å². The molecule has 0 aliphatic carbocycles. The second kappa shape index (κ2) is 5.50. The number of ketones is 1. The largest absolute Gasteiger partial charge is 0.488 e. The molecule has 0 fully saturated rings. The lowest BCUT2D eigenvalue weighted by Gasteiger charge is -2.11. The number of rotatable bonds is 4. The van der Waals surface area contributed by atoms with Crippen LogP contribution in [0.4, 0.5) is 0 Å². The van der Waals surface area contributed by atoms with Crippen LogP contribution >= 0.6 is 0 Å². The first-order valence-corrected chi connectivity index (χ1v) is 6.00. The molecule has 0 heterocycles. The molecular formula is C16H16O2. The van der Waals surface area contributed by atoms with Gasteiger partial charge in [0, 0.05) is 5.39 Å². The molecule has 0 amide bonds. The molecule has 0 aromatic heterocycles. The van der Waals surface area contributed by atoms with E-state index in [1.165, 1.54) is 0 Å². The Morgan fingerprint density at radius 3 is 2.72 bits per heavy atom. The number of Topliss-reactive ketones (excluding diaryl/α,β-unsaturated/α-hetero) is 1. The van der Waals surface area contributed by atoms with Gasteiger partial charge in [0.05, 0.1) is 5.56 Å². The van der Waals surface area contributed by atoms with Gasteiger partial charge < -0.3 is 4.74 Å². The van der Waals surface area contributed by atoms with Gasteiger partial charge in [-0.2, -0.15) is 0 Å². The minimum atomic E-state index is 0.0243. The van der Waals surface area contributed by atoms with E-state index >= 15 is 0 Å². The van der Waals surface area contributed by atoms with Gasteiger partial charge in [-0.15, -0.1) is 0 Å². The Balaban J connectivity index is 2.55. The summed E-state index contributed by atoms with van der Waals surface area (Å²) in [5.41, 5.74) is 0.637. The summed E-state index contributed by atoms with van der Waals surface area (Å²) in [6, 6.07) is 11.7. The summed E-state index contributed by atoms with van der Waals surface area (Å²) >= 11 is 0. The Bertz CT molecular complexity index is 597. The van der Waals surface area contributed by atoms with Crippen LogP contribution in [0, 0.1) is 0 Å². The van der Waals surface area contributed by atoms with E-state index < -0.39 is 0 Å². The SMILES string of the molecule is C/C=C/COc1c(C(C)=O)ccc2ccccc12. The van der Waals surface area contributed by atoms with Gasteiger partial charge in [0.1, 0.15) is 12.4 Å². The quantitative estimate of drug-likeness (QED) is 0.596. The van der Waals surface area contributed by atoms with Crippen LogP contribution < -0.4 is 4.74 Å². The molecule has 0 radical (unpaired) electrons. The van der Waals surface area contributed by atoms with Crippen molar-refractivity contribution in [2.75, 3.05) is 6.61 Å². The molecular weight excluding hydrogens is 224 g/mol. The van der Waals surface area contributed by atoms with Crippen molar-refractivity contribution in [1.82, 2.24) is 0 Å². The molecule has 0 aliphatic rings. The Morgan fingerprint density at radius 1 is 1.22 bits per heavy atom. The summed E-state index contributed by atoms with van der Waals surface area (Å²) in [5, 5.41) is 2.06. The van der Waals surface area contributed by atoms with Gasteiger partial charge in [-0.05, 0) is 25.3 Å². The normalized spacial score (nSPS) is 11.0. The van der Waals surface area contributed by atoms with Crippen LogP contribution in [-0.4, -0.2) is 12.4 Å². The second-order valence-corrected chi connectivity index (χ2v) is 4.10. The number of hydrogen-bond donors (Lipinski definition) is 0. The highest BCUT2D eigenvalue weighted by molar-refractivity contribution is 6.03. The fourth-order valence-electron chi connectivity index (χ4n) is 1.90. The van der Waals surface area contributed by atoms with Crippen LogP contribution in [0.2, 0.25) is 0 Å². The number of carbonyl (C=O) groups excluding carboxylic acids is 1. The van der Waals surface area contributed by atoms with E-state index in [9.17, 15) is 4.79 Å². The summed E-state index contributed by atoms with van der Waals surface area (Å²) in [6.45, 7) is 3.98. The van der Waals surface area contributed by atoms with E-state index in [4.69, 9.17) is 4.74 Å². The lowest BCUT2D eigenvalue weighted by atomic mass is 10.0. The molecule has 2 aromatic rings. The average Bonchev–Trinajstić information content (AvgIpc) is 2.38. The van der Waals surface area contributed by atoms with E-state index in [2.05, 4.69) is 0 Å². The summed E-state index contributed by atoms with van der Waals surface area (Å²) in [7, 11) is 0. The summed E-state index contributed by atoms with van der Waals surface area (Å²) in [6.07, 6.45) is 3.85. The van der Waals surface area contributed by atoms with Crippen molar-refractivity contribution in [3.63, 3.8) is 0 Å². The van der Waals surface area contributed by atoms with E-state index in [1.54, 1.807) is 6.92 Å². The van der Waals surface area contributed by atoms with Crippen LogP contribution in [0.3, 0.4) is 0 Å². The van der Waals surface area contributed by atoms with E-state index in [0.29, 0.717) is 17.9 Å². The summed E-state index contributed by atoms with van der Waals surface area (Å²) in [5.74, 6) is 0.704. The van der Waals surface area contributed by atoms with Gasteiger partial charge in [-0.3, -0.25) is 4.79 Å². The van der Waals surface area contributed by atoms with E-state index in [1.807, 2.05) is 55.5 Å². The van der Waals surface area contributed by atoms with Gasteiger partial charge in [-0.1, -0.05) is 42.5 Å². The molecule has 18 heavy (non-hydrogen) atoms. The Kier molecular flexibility index (Phi) is 3.78. The molecule has 0 N–H and O–H groups in total. The van der Waals surface area contributed by atoms with E-state index in [0.717, 1.165) is 10.8 Å². The highest BCUT2D eigenvalue weighted by Crippen LogP contribution is 2.30. The number of hydrogen-bond acceptors (Lipinski definition) is 2. The van der Waals surface area contributed by atoms with Gasteiger partial charge in [0.2, 0.25) is 0 Å². The van der Waals surface area contributed by atoms with Crippen molar-refractivity contribution < 1.29 is 9.53 Å². The predicted octanol–water partition coefficient (Wildman–Crippen LogP) is 4.00. The predicted molar refractivity (Wildman–Crippen MR) is 74.3 cm³/mol.